The second-order valence-electron chi connectivity index (χ2n) is 4.57. The smallest absolute Gasteiger partial charge is 0.243 e. The average molecular weight is 312 g/mol. The van der Waals surface area contributed by atoms with E-state index in [9.17, 15) is 17.2 Å². The maximum Gasteiger partial charge on any atom is 0.243 e. The van der Waals surface area contributed by atoms with Crippen LogP contribution >= 0.6 is 0 Å². The summed E-state index contributed by atoms with van der Waals surface area (Å²) in [6.45, 7) is -0.196. The lowest BCUT2D eigenvalue weighted by Crippen LogP contribution is -2.27. The van der Waals surface area contributed by atoms with Crippen LogP contribution < -0.4 is 5.73 Å². The molecule has 0 aromatic heterocycles. The first-order chi connectivity index (χ1) is 9.80. The van der Waals surface area contributed by atoms with Crippen LogP contribution in [0.3, 0.4) is 0 Å². The predicted octanol–water partition coefficient (Wildman–Crippen LogP) is 2.37. The van der Waals surface area contributed by atoms with Gasteiger partial charge in [-0.1, -0.05) is 6.07 Å². The topological polar surface area (TPSA) is 63.4 Å². The van der Waals surface area contributed by atoms with Crippen molar-refractivity contribution in [2.75, 3.05) is 12.8 Å². The van der Waals surface area contributed by atoms with Crippen molar-refractivity contribution >= 4 is 15.7 Å². The molecular formula is C14H14F2N2O2S. The first-order valence-corrected chi connectivity index (χ1v) is 7.50. The first-order valence-electron chi connectivity index (χ1n) is 6.06. The highest BCUT2D eigenvalue weighted by molar-refractivity contribution is 7.89. The zero-order valence-electron chi connectivity index (χ0n) is 11.3. The highest BCUT2D eigenvalue weighted by atomic mass is 32.2. The number of anilines is 1. The lowest BCUT2D eigenvalue weighted by molar-refractivity contribution is 0.454. The van der Waals surface area contributed by atoms with E-state index in [1.165, 1.54) is 37.4 Å². The fourth-order valence-electron chi connectivity index (χ4n) is 1.79. The summed E-state index contributed by atoms with van der Waals surface area (Å²) in [5.41, 5.74) is 6.05. The van der Waals surface area contributed by atoms with E-state index in [0.717, 1.165) is 16.4 Å². The molecule has 0 amide bonds. The third-order valence-corrected chi connectivity index (χ3v) is 4.81. The summed E-state index contributed by atoms with van der Waals surface area (Å²) in [7, 11) is -2.44. The summed E-state index contributed by atoms with van der Waals surface area (Å²) < 4.78 is 52.0. The van der Waals surface area contributed by atoms with Gasteiger partial charge < -0.3 is 5.73 Å². The molecule has 2 aromatic rings. The lowest BCUT2D eigenvalue weighted by atomic mass is 10.2. The molecule has 0 aliphatic heterocycles. The number of benzene rings is 2. The van der Waals surface area contributed by atoms with Crippen LogP contribution in [0.1, 0.15) is 5.56 Å². The number of sulfonamides is 1. The third-order valence-electron chi connectivity index (χ3n) is 3.00. The van der Waals surface area contributed by atoms with Crippen LogP contribution in [-0.2, 0) is 16.6 Å². The fourth-order valence-corrected chi connectivity index (χ4v) is 2.94. The SMILES string of the molecule is CN(Cc1ccc(F)cc1F)S(=O)(=O)c1ccc(N)cc1. The first kappa shape index (κ1) is 15.4. The van der Waals surface area contributed by atoms with Crippen molar-refractivity contribution in [2.24, 2.45) is 0 Å². The summed E-state index contributed by atoms with van der Waals surface area (Å²) in [6, 6.07) is 8.73. The molecule has 0 spiro atoms. The van der Waals surface area contributed by atoms with E-state index in [4.69, 9.17) is 5.73 Å². The molecule has 21 heavy (non-hydrogen) atoms. The molecule has 2 aromatic carbocycles. The Labute approximate surface area is 121 Å². The van der Waals surface area contributed by atoms with Gasteiger partial charge in [-0.05, 0) is 30.3 Å². The Morgan fingerprint density at radius 3 is 2.29 bits per heavy atom. The Bertz CT molecular complexity index is 746. The van der Waals surface area contributed by atoms with E-state index < -0.39 is 21.7 Å². The van der Waals surface area contributed by atoms with E-state index >= 15 is 0 Å². The number of halogens is 2. The molecule has 0 aliphatic rings. The maximum absolute atomic E-state index is 13.6. The van der Waals surface area contributed by atoms with Crippen molar-refractivity contribution in [1.29, 1.82) is 0 Å². The van der Waals surface area contributed by atoms with Crippen molar-refractivity contribution in [3.63, 3.8) is 0 Å². The molecule has 0 saturated carbocycles. The van der Waals surface area contributed by atoms with Crippen LogP contribution in [0.5, 0.6) is 0 Å². The van der Waals surface area contributed by atoms with Crippen molar-refractivity contribution in [3.8, 4) is 0 Å². The summed E-state index contributed by atoms with van der Waals surface area (Å²) in [4.78, 5) is 0.0571. The van der Waals surface area contributed by atoms with Gasteiger partial charge in [0, 0.05) is 30.9 Å². The normalized spacial score (nSPS) is 11.8. The molecule has 7 heteroatoms. The molecule has 2 rings (SSSR count). The lowest BCUT2D eigenvalue weighted by Gasteiger charge is -2.17. The van der Waals surface area contributed by atoms with Gasteiger partial charge in [0.1, 0.15) is 11.6 Å². The summed E-state index contributed by atoms with van der Waals surface area (Å²) in [6.07, 6.45) is 0. The molecule has 0 heterocycles. The second-order valence-corrected chi connectivity index (χ2v) is 6.61. The zero-order chi connectivity index (χ0) is 15.6. The molecule has 2 N–H and O–H groups in total. The molecule has 0 unspecified atom stereocenters. The van der Waals surface area contributed by atoms with Crippen molar-refractivity contribution in [1.82, 2.24) is 4.31 Å². The summed E-state index contributed by atoms with van der Waals surface area (Å²) in [5.74, 6) is -1.49. The van der Waals surface area contributed by atoms with Crippen LogP contribution in [0.15, 0.2) is 47.4 Å². The van der Waals surface area contributed by atoms with Crippen LogP contribution in [0, 0.1) is 11.6 Å². The Morgan fingerprint density at radius 2 is 1.71 bits per heavy atom. The van der Waals surface area contributed by atoms with E-state index in [0.29, 0.717) is 5.69 Å². The van der Waals surface area contributed by atoms with Gasteiger partial charge >= 0.3 is 0 Å². The van der Waals surface area contributed by atoms with Gasteiger partial charge in [-0.15, -0.1) is 0 Å². The maximum atomic E-state index is 13.6. The molecule has 0 bridgehead atoms. The zero-order valence-corrected chi connectivity index (χ0v) is 12.1. The molecule has 4 nitrogen and oxygen atoms in total. The van der Waals surface area contributed by atoms with Gasteiger partial charge in [0.05, 0.1) is 4.90 Å². The van der Waals surface area contributed by atoms with E-state index in [-0.39, 0.29) is 17.0 Å². The molecule has 0 fully saturated rings. The van der Waals surface area contributed by atoms with Gasteiger partial charge in [-0.2, -0.15) is 4.31 Å². The molecule has 0 aliphatic carbocycles. The number of nitrogens with two attached hydrogens (primary N) is 1. The average Bonchev–Trinajstić information content (AvgIpc) is 2.42. The van der Waals surface area contributed by atoms with E-state index in [1.54, 1.807) is 0 Å². The van der Waals surface area contributed by atoms with Crippen molar-refractivity contribution in [2.45, 2.75) is 11.4 Å². The van der Waals surface area contributed by atoms with Crippen molar-refractivity contribution in [3.05, 3.63) is 59.7 Å². The number of nitrogen functional groups attached to an aromatic ring is 1. The summed E-state index contributed by atoms with van der Waals surface area (Å²) >= 11 is 0. The molecule has 0 atom stereocenters. The molecule has 112 valence electrons. The van der Waals surface area contributed by atoms with Gasteiger partial charge in [-0.3, -0.25) is 0 Å². The summed E-state index contributed by atoms with van der Waals surface area (Å²) in [5, 5.41) is 0. The molecule has 0 radical (unpaired) electrons. The fraction of sp³-hybridized carbons (Fsp3) is 0.143. The Kier molecular flexibility index (Phi) is 4.24. The van der Waals surface area contributed by atoms with Gasteiger partial charge in [0.15, 0.2) is 0 Å². The van der Waals surface area contributed by atoms with Gasteiger partial charge in [0.25, 0.3) is 0 Å². The minimum Gasteiger partial charge on any atom is -0.399 e. The third kappa shape index (κ3) is 3.37. The minimum atomic E-state index is -3.76. The number of rotatable bonds is 4. The van der Waals surface area contributed by atoms with Crippen LogP contribution in [-0.4, -0.2) is 19.8 Å². The minimum absolute atomic E-state index is 0.0571. The number of nitrogens with zero attached hydrogens (tertiary/aromatic N) is 1. The highest BCUT2D eigenvalue weighted by Gasteiger charge is 2.21. The van der Waals surface area contributed by atoms with Crippen LogP contribution in [0.25, 0.3) is 0 Å². The molecule has 0 saturated heterocycles. The monoisotopic (exact) mass is 312 g/mol. The predicted molar refractivity (Wildman–Crippen MR) is 75.9 cm³/mol. The van der Waals surface area contributed by atoms with E-state index in [2.05, 4.69) is 0 Å². The Hall–Kier alpha value is -1.99. The van der Waals surface area contributed by atoms with Crippen LogP contribution in [0.2, 0.25) is 0 Å². The number of hydrogen-bond acceptors (Lipinski definition) is 3. The van der Waals surface area contributed by atoms with E-state index in [1.807, 2.05) is 0 Å². The number of hydrogen-bond donors (Lipinski definition) is 1. The largest absolute Gasteiger partial charge is 0.399 e. The van der Waals surface area contributed by atoms with Crippen LogP contribution in [0.4, 0.5) is 14.5 Å². The highest BCUT2D eigenvalue weighted by Crippen LogP contribution is 2.19. The standard InChI is InChI=1S/C14H14F2N2O2S/c1-18(9-10-2-3-11(15)8-14(10)16)21(19,20)13-6-4-12(17)5-7-13/h2-8H,9,17H2,1H3. The van der Waals surface area contributed by atoms with Gasteiger partial charge in [0.2, 0.25) is 10.0 Å². The second kappa shape index (κ2) is 5.79. The van der Waals surface area contributed by atoms with Crippen molar-refractivity contribution < 1.29 is 17.2 Å². The Balaban J connectivity index is 2.26. The molecular weight excluding hydrogens is 298 g/mol. The van der Waals surface area contributed by atoms with Gasteiger partial charge in [-0.25, -0.2) is 17.2 Å². The quantitative estimate of drug-likeness (QED) is 0.882. The Morgan fingerprint density at radius 1 is 1.10 bits per heavy atom.